The zero-order valence-electron chi connectivity index (χ0n) is 21.0. The van der Waals surface area contributed by atoms with Crippen molar-refractivity contribution in [3.63, 3.8) is 0 Å². The van der Waals surface area contributed by atoms with Crippen molar-refractivity contribution in [1.82, 2.24) is 34.9 Å². The molecule has 0 atom stereocenters. The fraction of sp³-hybridized carbons (Fsp3) is 0.296. The topological polar surface area (TPSA) is 101 Å². The Morgan fingerprint density at radius 1 is 0.972 bits per heavy atom. The molecule has 0 radical (unpaired) electrons. The molecule has 0 aliphatic carbocycles. The van der Waals surface area contributed by atoms with Gasteiger partial charge in [-0.05, 0) is 48.5 Å². The molecule has 2 heterocycles. The Kier molecular flexibility index (Phi) is 8.36. The molecule has 0 aliphatic heterocycles. The molecule has 0 unspecified atom stereocenters. The van der Waals surface area contributed by atoms with Crippen molar-refractivity contribution in [2.24, 2.45) is 7.05 Å². The molecule has 36 heavy (non-hydrogen) atoms. The van der Waals surface area contributed by atoms with Gasteiger partial charge in [-0.1, -0.05) is 44.2 Å². The van der Waals surface area contributed by atoms with Gasteiger partial charge in [-0.25, -0.2) is 9.97 Å². The molecule has 0 spiro atoms. The van der Waals surface area contributed by atoms with Gasteiger partial charge < -0.3 is 15.2 Å². The van der Waals surface area contributed by atoms with E-state index in [1.165, 1.54) is 11.9 Å². The van der Waals surface area contributed by atoms with E-state index in [4.69, 9.17) is 0 Å². The highest BCUT2D eigenvalue weighted by atomic mass is 16.1. The number of rotatable bonds is 11. The smallest absolute Gasteiger partial charge is 0.251 e. The van der Waals surface area contributed by atoms with Crippen molar-refractivity contribution in [2.45, 2.75) is 33.5 Å². The summed E-state index contributed by atoms with van der Waals surface area (Å²) in [5, 5.41) is 14.9. The second-order valence-electron chi connectivity index (χ2n) is 8.44. The van der Waals surface area contributed by atoms with E-state index in [0.717, 1.165) is 36.7 Å². The van der Waals surface area contributed by atoms with Crippen molar-refractivity contribution >= 4 is 11.6 Å². The molecule has 9 heteroatoms. The zero-order chi connectivity index (χ0) is 25.3. The first-order chi connectivity index (χ1) is 17.6. The van der Waals surface area contributed by atoms with Crippen LogP contribution in [-0.2, 0) is 26.7 Å². The lowest BCUT2D eigenvalue weighted by atomic mass is 10.1. The van der Waals surface area contributed by atoms with E-state index in [2.05, 4.69) is 61.7 Å². The van der Waals surface area contributed by atoms with E-state index in [9.17, 15) is 4.79 Å². The monoisotopic (exact) mass is 484 g/mol. The summed E-state index contributed by atoms with van der Waals surface area (Å²) in [4.78, 5) is 23.5. The second-order valence-corrected chi connectivity index (χ2v) is 8.44. The summed E-state index contributed by atoms with van der Waals surface area (Å²) >= 11 is 0. The third-order valence-corrected chi connectivity index (χ3v) is 6.20. The molecule has 0 fully saturated rings. The third kappa shape index (κ3) is 6.11. The minimum Gasteiger partial charge on any atom is -0.378 e. The number of benzene rings is 2. The summed E-state index contributed by atoms with van der Waals surface area (Å²) in [6.07, 6.45) is 3.16. The number of nitrogens with zero attached hydrogens (tertiary/aromatic N) is 6. The molecule has 4 aromatic rings. The minimum absolute atomic E-state index is 0.110. The van der Waals surface area contributed by atoms with Crippen LogP contribution in [0.25, 0.3) is 11.5 Å². The van der Waals surface area contributed by atoms with Gasteiger partial charge >= 0.3 is 0 Å². The summed E-state index contributed by atoms with van der Waals surface area (Å²) in [6.45, 7) is 8.13. The van der Waals surface area contributed by atoms with E-state index < -0.39 is 0 Å². The minimum atomic E-state index is -0.110. The predicted molar refractivity (Wildman–Crippen MR) is 140 cm³/mol. The number of aromatic nitrogens is 5. The number of anilines is 1. The van der Waals surface area contributed by atoms with Crippen LogP contribution in [0.2, 0.25) is 0 Å². The van der Waals surface area contributed by atoms with Crippen LogP contribution in [0.4, 0.5) is 5.69 Å². The van der Waals surface area contributed by atoms with Crippen LogP contribution >= 0.6 is 0 Å². The van der Waals surface area contributed by atoms with E-state index in [0.29, 0.717) is 30.2 Å². The summed E-state index contributed by atoms with van der Waals surface area (Å²) in [6, 6.07) is 17.5. The van der Waals surface area contributed by atoms with Crippen molar-refractivity contribution < 1.29 is 4.79 Å². The Balaban J connectivity index is 1.37. The average molecular weight is 485 g/mol. The lowest BCUT2D eigenvalue weighted by Crippen LogP contribution is -2.26. The standard InChI is InChI=1S/C27H32N8O/c1-4-35(5-2)18-22-10-7-6-9-21(22)16-30-27(36)20-11-8-12-23(15-20)29-17-25-32-33-26(34(25)3)24-13-14-28-19-31-24/h6-15,19,29H,4-5,16-18H2,1-3H3,(H,30,36). The number of carbonyl (C=O) groups excluding carboxylic acids is 1. The number of amides is 1. The summed E-state index contributed by atoms with van der Waals surface area (Å²) in [7, 11) is 1.90. The van der Waals surface area contributed by atoms with E-state index in [1.54, 1.807) is 12.3 Å². The largest absolute Gasteiger partial charge is 0.378 e. The maximum atomic E-state index is 12.9. The SMILES string of the molecule is CCN(CC)Cc1ccccc1CNC(=O)c1cccc(NCc2nnc(-c3ccncn3)n2C)c1. The van der Waals surface area contributed by atoms with Crippen molar-refractivity contribution in [3.8, 4) is 11.5 Å². The van der Waals surface area contributed by atoms with Crippen molar-refractivity contribution in [2.75, 3.05) is 18.4 Å². The Bertz CT molecular complexity index is 1280. The molecule has 186 valence electrons. The highest BCUT2D eigenvalue weighted by Gasteiger charge is 2.13. The molecular formula is C27H32N8O. The van der Waals surface area contributed by atoms with Gasteiger partial charge in [-0.3, -0.25) is 9.69 Å². The van der Waals surface area contributed by atoms with Gasteiger partial charge in [0, 0.05) is 37.6 Å². The van der Waals surface area contributed by atoms with Crippen LogP contribution < -0.4 is 10.6 Å². The first-order valence-electron chi connectivity index (χ1n) is 12.1. The van der Waals surface area contributed by atoms with Gasteiger partial charge in [-0.15, -0.1) is 10.2 Å². The van der Waals surface area contributed by atoms with Crippen LogP contribution in [0, 0.1) is 0 Å². The first kappa shape index (κ1) is 25.0. The Morgan fingerprint density at radius 2 is 1.78 bits per heavy atom. The second kappa shape index (κ2) is 12.0. The molecule has 0 bridgehead atoms. The average Bonchev–Trinajstić information content (AvgIpc) is 3.30. The zero-order valence-corrected chi connectivity index (χ0v) is 21.0. The Morgan fingerprint density at radius 3 is 2.53 bits per heavy atom. The van der Waals surface area contributed by atoms with Crippen molar-refractivity contribution in [3.05, 3.63) is 89.6 Å². The van der Waals surface area contributed by atoms with Crippen LogP contribution in [0.5, 0.6) is 0 Å². The molecule has 2 aromatic heterocycles. The quantitative estimate of drug-likeness (QED) is 0.335. The molecule has 0 saturated heterocycles. The van der Waals surface area contributed by atoms with Gasteiger partial charge in [0.25, 0.3) is 5.91 Å². The molecule has 2 N–H and O–H groups in total. The van der Waals surface area contributed by atoms with E-state index in [1.807, 2.05) is 48.0 Å². The number of hydrogen-bond donors (Lipinski definition) is 2. The highest BCUT2D eigenvalue weighted by Crippen LogP contribution is 2.16. The lowest BCUT2D eigenvalue weighted by Gasteiger charge is -2.20. The molecule has 2 aromatic carbocycles. The molecule has 4 rings (SSSR count). The molecule has 1 amide bonds. The molecule has 0 saturated carbocycles. The normalized spacial score (nSPS) is 11.0. The fourth-order valence-electron chi connectivity index (χ4n) is 3.96. The summed E-state index contributed by atoms with van der Waals surface area (Å²) in [5.41, 5.74) is 4.51. The maximum absolute atomic E-state index is 12.9. The molecule has 0 aliphatic rings. The fourth-order valence-corrected chi connectivity index (χ4v) is 3.96. The number of nitrogens with one attached hydrogen (secondary N) is 2. The van der Waals surface area contributed by atoms with Crippen LogP contribution in [0.3, 0.4) is 0 Å². The first-order valence-corrected chi connectivity index (χ1v) is 12.1. The Hall–Kier alpha value is -4.11. The number of hydrogen-bond acceptors (Lipinski definition) is 7. The van der Waals surface area contributed by atoms with Gasteiger partial charge in [-0.2, -0.15) is 0 Å². The highest BCUT2D eigenvalue weighted by molar-refractivity contribution is 5.95. The summed E-state index contributed by atoms with van der Waals surface area (Å²) < 4.78 is 1.89. The van der Waals surface area contributed by atoms with Crippen LogP contribution in [0.15, 0.2) is 67.1 Å². The summed E-state index contributed by atoms with van der Waals surface area (Å²) in [5.74, 6) is 1.31. The van der Waals surface area contributed by atoms with Gasteiger partial charge in [0.15, 0.2) is 11.6 Å². The molecule has 9 nitrogen and oxygen atoms in total. The van der Waals surface area contributed by atoms with Crippen LogP contribution in [-0.4, -0.2) is 48.6 Å². The molecular weight excluding hydrogens is 452 g/mol. The van der Waals surface area contributed by atoms with Crippen molar-refractivity contribution in [1.29, 1.82) is 0 Å². The maximum Gasteiger partial charge on any atom is 0.251 e. The lowest BCUT2D eigenvalue weighted by molar-refractivity contribution is 0.0950. The third-order valence-electron chi connectivity index (χ3n) is 6.20. The van der Waals surface area contributed by atoms with Gasteiger partial charge in [0.2, 0.25) is 0 Å². The van der Waals surface area contributed by atoms with E-state index in [-0.39, 0.29) is 5.91 Å². The van der Waals surface area contributed by atoms with Gasteiger partial charge in [0.05, 0.1) is 6.54 Å². The van der Waals surface area contributed by atoms with E-state index >= 15 is 0 Å². The van der Waals surface area contributed by atoms with Crippen LogP contribution in [0.1, 0.15) is 41.2 Å². The predicted octanol–water partition coefficient (Wildman–Crippen LogP) is 3.66. The number of carbonyl (C=O) groups is 1. The van der Waals surface area contributed by atoms with Gasteiger partial charge in [0.1, 0.15) is 12.0 Å². The Labute approximate surface area is 211 Å².